The van der Waals surface area contributed by atoms with Crippen LogP contribution in [-0.2, 0) is 11.6 Å². The summed E-state index contributed by atoms with van der Waals surface area (Å²) in [4.78, 5) is 4.14. The SMILES string of the molecule is CCNCCC(C)(C)c1cnc(C(F)(F)F)s1. The number of rotatable bonds is 5. The van der Waals surface area contributed by atoms with E-state index >= 15 is 0 Å². The van der Waals surface area contributed by atoms with Gasteiger partial charge in [0, 0.05) is 16.5 Å². The first-order valence-corrected chi connectivity index (χ1v) is 6.33. The second-order valence-corrected chi connectivity index (χ2v) is 5.55. The molecule has 1 aromatic heterocycles. The minimum absolute atomic E-state index is 0.274. The first-order chi connectivity index (χ1) is 7.77. The molecule has 0 aliphatic carbocycles. The molecule has 0 atom stereocenters. The standard InChI is InChI=1S/C11H17F3N2S/c1-4-15-6-5-10(2,3)8-7-16-9(17-8)11(12,13)14/h7,15H,4-6H2,1-3H3. The second kappa shape index (κ2) is 5.35. The molecule has 0 unspecified atom stereocenters. The summed E-state index contributed by atoms with van der Waals surface area (Å²) < 4.78 is 37.3. The predicted octanol–water partition coefficient (Wildman–Crippen LogP) is 3.44. The summed E-state index contributed by atoms with van der Waals surface area (Å²) in [6, 6.07) is 0. The number of hydrogen-bond donors (Lipinski definition) is 1. The van der Waals surface area contributed by atoms with E-state index in [0.29, 0.717) is 4.88 Å². The summed E-state index contributed by atoms with van der Waals surface area (Å²) in [6.07, 6.45) is -2.19. The molecule has 0 aliphatic rings. The molecule has 1 heterocycles. The Morgan fingerprint density at radius 2 is 2.00 bits per heavy atom. The summed E-state index contributed by atoms with van der Waals surface area (Å²) in [5.74, 6) is 0. The Morgan fingerprint density at radius 3 is 2.47 bits per heavy atom. The van der Waals surface area contributed by atoms with Gasteiger partial charge in [-0.25, -0.2) is 4.98 Å². The average Bonchev–Trinajstić information content (AvgIpc) is 2.66. The summed E-state index contributed by atoms with van der Waals surface area (Å²) in [5, 5.41) is 2.41. The van der Waals surface area contributed by atoms with E-state index in [1.165, 1.54) is 6.20 Å². The molecule has 1 aromatic rings. The van der Waals surface area contributed by atoms with E-state index in [1.807, 2.05) is 20.8 Å². The molecule has 0 fully saturated rings. The quantitative estimate of drug-likeness (QED) is 0.826. The highest BCUT2D eigenvalue weighted by Gasteiger charge is 2.36. The minimum Gasteiger partial charge on any atom is -0.317 e. The number of nitrogens with one attached hydrogen (secondary N) is 1. The Labute approximate surface area is 103 Å². The van der Waals surface area contributed by atoms with Crippen LogP contribution in [0.15, 0.2) is 6.20 Å². The zero-order chi connectivity index (χ0) is 13.1. The van der Waals surface area contributed by atoms with E-state index < -0.39 is 11.2 Å². The molecule has 2 nitrogen and oxygen atoms in total. The largest absolute Gasteiger partial charge is 0.443 e. The second-order valence-electron chi connectivity index (χ2n) is 4.51. The van der Waals surface area contributed by atoms with Crippen LogP contribution in [0.2, 0.25) is 0 Å². The number of thiazole rings is 1. The number of aromatic nitrogens is 1. The van der Waals surface area contributed by atoms with Crippen molar-refractivity contribution in [3.63, 3.8) is 0 Å². The van der Waals surface area contributed by atoms with Crippen LogP contribution < -0.4 is 5.32 Å². The molecule has 0 saturated carbocycles. The molecule has 0 bridgehead atoms. The molecular formula is C11H17F3N2S. The van der Waals surface area contributed by atoms with Crippen LogP contribution in [0, 0.1) is 0 Å². The first kappa shape index (κ1) is 14.4. The summed E-state index contributed by atoms with van der Waals surface area (Å²) in [7, 11) is 0. The lowest BCUT2D eigenvalue weighted by Gasteiger charge is -2.22. The predicted molar refractivity (Wildman–Crippen MR) is 63.3 cm³/mol. The molecule has 98 valence electrons. The van der Waals surface area contributed by atoms with Crippen molar-refractivity contribution in [3.8, 4) is 0 Å². The van der Waals surface area contributed by atoms with Crippen molar-refractivity contribution < 1.29 is 13.2 Å². The van der Waals surface area contributed by atoms with Crippen LogP contribution in [0.3, 0.4) is 0 Å². The molecule has 6 heteroatoms. The fourth-order valence-electron chi connectivity index (χ4n) is 1.42. The molecular weight excluding hydrogens is 249 g/mol. The highest BCUT2D eigenvalue weighted by molar-refractivity contribution is 7.11. The van der Waals surface area contributed by atoms with Crippen LogP contribution in [0.1, 0.15) is 37.1 Å². The van der Waals surface area contributed by atoms with Gasteiger partial charge in [0.2, 0.25) is 0 Å². The molecule has 0 spiro atoms. The summed E-state index contributed by atoms with van der Waals surface area (Å²) in [5.41, 5.74) is -0.274. The van der Waals surface area contributed by atoms with Gasteiger partial charge < -0.3 is 5.32 Å². The van der Waals surface area contributed by atoms with Crippen molar-refractivity contribution >= 4 is 11.3 Å². The van der Waals surface area contributed by atoms with Crippen molar-refractivity contribution in [2.45, 2.75) is 38.8 Å². The summed E-state index contributed by atoms with van der Waals surface area (Å²) >= 11 is 0.741. The van der Waals surface area contributed by atoms with Crippen molar-refractivity contribution in [2.75, 3.05) is 13.1 Å². The van der Waals surface area contributed by atoms with Gasteiger partial charge >= 0.3 is 6.18 Å². The fourth-order valence-corrected chi connectivity index (χ4v) is 2.33. The van der Waals surface area contributed by atoms with Crippen LogP contribution in [0.4, 0.5) is 13.2 Å². The molecule has 0 aromatic carbocycles. The Morgan fingerprint density at radius 1 is 1.35 bits per heavy atom. The number of halogens is 3. The monoisotopic (exact) mass is 266 g/mol. The van der Waals surface area contributed by atoms with Gasteiger partial charge in [-0.1, -0.05) is 20.8 Å². The van der Waals surface area contributed by atoms with E-state index in [1.54, 1.807) is 0 Å². The molecule has 0 aliphatic heterocycles. The van der Waals surface area contributed by atoms with E-state index in [2.05, 4.69) is 10.3 Å². The lowest BCUT2D eigenvalue weighted by molar-refractivity contribution is -0.137. The maximum absolute atomic E-state index is 12.4. The fraction of sp³-hybridized carbons (Fsp3) is 0.727. The normalized spacial score (nSPS) is 13.1. The third-order valence-corrected chi connectivity index (χ3v) is 4.00. The molecule has 17 heavy (non-hydrogen) atoms. The number of alkyl halides is 3. The molecule has 0 radical (unpaired) electrons. The van der Waals surface area contributed by atoms with Gasteiger partial charge in [-0.15, -0.1) is 11.3 Å². The van der Waals surface area contributed by atoms with Gasteiger partial charge in [0.15, 0.2) is 5.01 Å². The molecule has 1 N–H and O–H groups in total. The lowest BCUT2D eigenvalue weighted by Crippen LogP contribution is -2.24. The summed E-state index contributed by atoms with van der Waals surface area (Å²) in [6.45, 7) is 7.55. The maximum Gasteiger partial charge on any atom is 0.443 e. The van der Waals surface area contributed by atoms with Gasteiger partial charge in [0.05, 0.1) is 0 Å². The van der Waals surface area contributed by atoms with Crippen LogP contribution in [0.5, 0.6) is 0 Å². The maximum atomic E-state index is 12.4. The zero-order valence-corrected chi connectivity index (χ0v) is 11.0. The Balaban J connectivity index is 2.74. The first-order valence-electron chi connectivity index (χ1n) is 5.51. The third kappa shape index (κ3) is 3.96. The van der Waals surface area contributed by atoms with E-state index in [0.717, 1.165) is 30.8 Å². The van der Waals surface area contributed by atoms with Gasteiger partial charge in [-0.05, 0) is 19.5 Å². The molecule has 0 amide bonds. The van der Waals surface area contributed by atoms with Crippen LogP contribution >= 0.6 is 11.3 Å². The molecule has 1 rings (SSSR count). The van der Waals surface area contributed by atoms with E-state index in [4.69, 9.17) is 0 Å². The average molecular weight is 266 g/mol. The van der Waals surface area contributed by atoms with Crippen molar-refractivity contribution in [3.05, 3.63) is 16.1 Å². The zero-order valence-electron chi connectivity index (χ0n) is 10.2. The highest BCUT2D eigenvalue weighted by Crippen LogP contribution is 2.37. The lowest BCUT2D eigenvalue weighted by atomic mass is 9.88. The van der Waals surface area contributed by atoms with E-state index in [-0.39, 0.29) is 5.41 Å². The van der Waals surface area contributed by atoms with Crippen LogP contribution in [-0.4, -0.2) is 18.1 Å². The minimum atomic E-state index is -4.33. The van der Waals surface area contributed by atoms with Crippen molar-refractivity contribution in [1.29, 1.82) is 0 Å². The Hall–Kier alpha value is -0.620. The van der Waals surface area contributed by atoms with Gasteiger partial charge in [-0.3, -0.25) is 0 Å². The van der Waals surface area contributed by atoms with Gasteiger partial charge in [-0.2, -0.15) is 13.2 Å². The number of nitrogens with zero attached hydrogens (tertiary/aromatic N) is 1. The topological polar surface area (TPSA) is 24.9 Å². The van der Waals surface area contributed by atoms with Gasteiger partial charge in [0.1, 0.15) is 0 Å². The van der Waals surface area contributed by atoms with Crippen molar-refractivity contribution in [1.82, 2.24) is 10.3 Å². The van der Waals surface area contributed by atoms with Crippen molar-refractivity contribution in [2.24, 2.45) is 0 Å². The highest BCUT2D eigenvalue weighted by atomic mass is 32.1. The molecule has 0 saturated heterocycles. The Kier molecular flexibility index (Phi) is 4.55. The van der Waals surface area contributed by atoms with E-state index in [9.17, 15) is 13.2 Å². The Bertz CT molecular complexity index is 358. The smallest absolute Gasteiger partial charge is 0.317 e. The third-order valence-electron chi connectivity index (χ3n) is 2.59. The van der Waals surface area contributed by atoms with Crippen LogP contribution in [0.25, 0.3) is 0 Å². The van der Waals surface area contributed by atoms with Gasteiger partial charge in [0.25, 0.3) is 0 Å². The number of hydrogen-bond acceptors (Lipinski definition) is 3.